The van der Waals surface area contributed by atoms with E-state index in [4.69, 9.17) is 15.0 Å². The van der Waals surface area contributed by atoms with E-state index in [1.165, 1.54) is 0 Å². The Bertz CT molecular complexity index is 756. The van der Waals surface area contributed by atoms with Crippen LogP contribution in [-0.4, -0.2) is 17.3 Å². The molecule has 0 fully saturated rings. The van der Waals surface area contributed by atoms with E-state index in [2.05, 4.69) is 10.1 Å². The van der Waals surface area contributed by atoms with Crippen molar-refractivity contribution in [3.05, 3.63) is 77.4 Å². The molecule has 3 rings (SSSR count). The Hall–Kier alpha value is -2.66. The minimum absolute atomic E-state index is 0.309. The lowest BCUT2D eigenvalue weighted by atomic mass is 10.1. The maximum absolute atomic E-state index is 6.17. The summed E-state index contributed by atoms with van der Waals surface area (Å²) in [5.74, 6) is 1.87. The average Bonchev–Trinajstić information content (AvgIpc) is 3.05. The number of nitrogens with two attached hydrogens (primary N) is 1. The second-order valence-electron chi connectivity index (χ2n) is 5.33. The monoisotopic (exact) mass is 309 g/mol. The van der Waals surface area contributed by atoms with Crippen LogP contribution in [0.2, 0.25) is 0 Å². The Morgan fingerprint density at radius 1 is 1.09 bits per heavy atom. The molecule has 5 nitrogen and oxygen atoms in total. The zero-order valence-electron chi connectivity index (χ0n) is 13.0. The molecule has 1 unspecified atom stereocenters. The Kier molecular flexibility index (Phi) is 4.68. The van der Waals surface area contributed by atoms with Gasteiger partial charge in [0.2, 0.25) is 5.89 Å². The number of hydrogen-bond donors (Lipinski definition) is 1. The minimum Gasteiger partial charge on any atom is -0.496 e. The summed E-state index contributed by atoms with van der Waals surface area (Å²) in [5, 5.41) is 4.03. The third-order valence-corrected chi connectivity index (χ3v) is 3.64. The van der Waals surface area contributed by atoms with Crippen LogP contribution >= 0.6 is 0 Å². The van der Waals surface area contributed by atoms with Crippen molar-refractivity contribution in [3.8, 4) is 5.75 Å². The van der Waals surface area contributed by atoms with Crippen LogP contribution in [0.4, 0.5) is 0 Å². The van der Waals surface area contributed by atoms with Gasteiger partial charge in [0.15, 0.2) is 5.82 Å². The van der Waals surface area contributed by atoms with Gasteiger partial charge in [-0.25, -0.2) is 0 Å². The molecule has 0 amide bonds. The van der Waals surface area contributed by atoms with Crippen LogP contribution < -0.4 is 10.5 Å². The SMILES string of the molecule is COc1ccccc1Cc1noc(C(N)Cc2ccccc2)n1. The van der Waals surface area contributed by atoms with Gasteiger partial charge in [-0.2, -0.15) is 4.98 Å². The fourth-order valence-electron chi connectivity index (χ4n) is 2.46. The fraction of sp³-hybridized carbons (Fsp3) is 0.222. The van der Waals surface area contributed by atoms with E-state index < -0.39 is 0 Å². The lowest BCUT2D eigenvalue weighted by Crippen LogP contribution is -2.13. The van der Waals surface area contributed by atoms with Gasteiger partial charge in [-0.15, -0.1) is 0 Å². The molecule has 0 saturated heterocycles. The number of methoxy groups -OCH3 is 1. The topological polar surface area (TPSA) is 74.2 Å². The van der Waals surface area contributed by atoms with Crippen molar-refractivity contribution in [3.63, 3.8) is 0 Å². The van der Waals surface area contributed by atoms with Gasteiger partial charge in [0, 0.05) is 12.0 Å². The minimum atomic E-state index is -0.309. The Morgan fingerprint density at radius 3 is 2.61 bits per heavy atom. The summed E-state index contributed by atoms with van der Waals surface area (Å²) in [6, 6.07) is 17.5. The van der Waals surface area contributed by atoms with E-state index in [1.807, 2.05) is 54.6 Å². The van der Waals surface area contributed by atoms with Gasteiger partial charge >= 0.3 is 0 Å². The number of ether oxygens (including phenoxy) is 1. The predicted octanol–water partition coefficient (Wildman–Crippen LogP) is 2.91. The van der Waals surface area contributed by atoms with E-state index in [0.29, 0.717) is 24.6 Å². The lowest BCUT2D eigenvalue weighted by Gasteiger charge is -2.06. The third-order valence-electron chi connectivity index (χ3n) is 3.64. The van der Waals surface area contributed by atoms with Gasteiger partial charge in [0.05, 0.1) is 13.2 Å². The molecule has 1 heterocycles. The van der Waals surface area contributed by atoms with Gasteiger partial charge in [-0.05, 0) is 18.1 Å². The molecule has 0 spiro atoms. The number of benzene rings is 2. The Morgan fingerprint density at radius 2 is 1.83 bits per heavy atom. The van der Waals surface area contributed by atoms with Crippen molar-refractivity contribution in [1.29, 1.82) is 0 Å². The van der Waals surface area contributed by atoms with E-state index in [9.17, 15) is 0 Å². The number of nitrogens with zero attached hydrogens (tertiary/aromatic N) is 2. The van der Waals surface area contributed by atoms with Crippen molar-refractivity contribution in [2.45, 2.75) is 18.9 Å². The molecule has 0 saturated carbocycles. The normalized spacial score (nSPS) is 12.1. The first-order valence-electron chi connectivity index (χ1n) is 7.50. The summed E-state index contributed by atoms with van der Waals surface area (Å²) in [4.78, 5) is 4.42. The van der Waals surface area contributed by atoms with Crippen molar-refractivity contribution in [1.82, 2.24) is 10.1 Å². The zero-order valence-corrected chi connectivity index (χ0v) is 13.0. The fourth-order valence-corrected chi connectivity index (χ4v) is 2.46. The molecule has 2 aromatic carbocycles. The summed E-state index contributed by atoms with van der Waals surface area (Å²) in [5.41, 5.74) is 8.32. The zero-order chi connectivity index (χ0) is 16.1. The Labute approximate surface area is 135 Å². The molecule has 0 radical (unpaired) electrons. The maximum atomic E-state index is 6.17. The van der Waals surface area contributed by atoms with Crippen LogP contribution in [0.3, 0.4) is 0 Å². The van der Waals surface area contributed by atoms with Crippen molar-refractivity contribution >= 4 is 0 Å². The highest BCUT2D eigenvalue weighted by atomic mass is 16.5. The van der Waals surface area contributed by atoms with E-state index >= 15 is 0 Å². The molecule has 1 atom stereocenters. The quantitative estimate of drug-likeness (QED) is 0.758. The van der Waals surface area contributed by atoms with Crippen molar-refractivity contribution in [2.24, 2.45) is 5.73 Å². The molecule has 5 heteroatoms. The van der Waals surface area contributed by atoms with Crippen LogP contribution in [0.1, 0.15) is 28.9 Å². The second kappa shape index (κ2) is 7.07. The smallest absolute Gasteiger partial charge is 0.243 e. The van der Waals surface area contributed by atoms with Crippen LogP contribution in [0, 0.1) is 0 Å². The molecule has 0 aliphatic rings. The molecule has 118 valence electrons. The molecular weight excluding hydrogens is 290 g/mol. The summed E-state index contributed by atoms with van der Waals surface area (Å²) < 4.78 is 10.7. The van der Waals surface area contributed by atoms with Gasteiger partial charge < -0.3 is 15.0 Å². The summed E-state index contributed by atoms with van der Waals surface area (Å²) >= 11 is 0. The van der Waals surface area contributed by atoms with Crippen LogP contribution in [0.25, 0.3) is 0 Å². The summed E-state index contributed by atoms with van der Waals surface area (Å²) in [6.07, 6.45) is 1.21. The first kappa shape index (κ1) is 15.2. The van der Waals surface area contributed by atoms with E-state index in [0.717, 1.165) is 16.9 Å². The number of hydrogen-bond acceptors (Lipinski definition) is 5. The average molecular weight is 309 g/mol. The predicted molar refractivity (Wildman–Crippen MR) is 87.2 cm³/mol. The number of aromatic nitrogens is 2. The highest BCUT2D eigenvalue weighted by Gasteiger charge is 2.16. The number of para-hydroxylation sites is 1. The van der Waals surface area contributed by atoms with Gasteiger partial charge in [-0.3, -0.25) is 0 Å². The van der Waals surface area contributed by atoms with Gasteiger partial charge in [-0.1, -0.05) is 53.7 Å². The molecule has 0 aliphatic heterocycles. The van der Waals surface area contributed by atoms with Crippen LogP contribution in [0.5, 0.6) is 5.75 Å². The third kappa shape index (κ3) is 3.76. The summed E-state index contributed by atoms with van der Waals surface area (Å²) in [7, 11) is 1.65. The van der Waals surface area contributed by atoms with Gasteiger partial charge in [0.25, 0.3) is 0 Å². The largest absolute Gasteiger partial charge is 0.496 e. The van der Waals surface area contributed by atoms with Crippen molar-refractivity contribution < 1.29 is 9.26 Å². The van der Waals surface area contributed by atoms with Crippen LogP contribution in [-0.2, 0) is 12.8 Å². The Balaban J connectivity index is 1.70. The van der Waals surface area contributed by atoms with E-state index in [-0.39, 0.29) is 6.04 Å². The molecule has 0 aliphatic carbocycles. The number of rotatable bonds is 6. The first-order valence-corrected chi connectivity index (χ1v) is 7.50. The highest BCUT2D eigenvalue weighted by molar-refractivity contribution is 5.35. The standard InChI is InChI=1S/C18H19N3O2/c1-22-16-10-6-5-9-14(16)12-17-20-18(23-21-17)15(19)11-13-7-3-2-4-8-13/h2-10,15H,11-12,19H2,1H3. The summed E-state index contributed by atoms with van der Waals surface area (Å²) in [6.45, 7) is 0. The maximum Gasteiger partial charge on any atom is 0.243 e. The molecule has 0 bridgehead atoms. The molecule has 1 aromatic heterocycles. The van der Waals surface area contributed by atoms with E-state index in [1.54, 1.807) is 7.11 Å². The second-order valence-corrected chi connectivity index (χ2v) is 5.33. The van der Waals surface area contributed by atoms with Crippen LogP contribution in [0.15, 0.2) is 59.1 Å². The molecule has 3 aromatic rings. The lowest BCUT2D eigenvalue weighted by molar-refractivity contribution is 0.350. The first-order chi connectivity index (χ1) is 11.3. The van der Waals surface area contributed by atoms with Crippen molar-refractivity contribution in [2.75, 3.05) is 7.11 Å². The molecule has 23 heavy (non-hydrogen) atoms. The molecule has 2 N–H and O–H groups in total. The highest BCUT2D eigenvalue weighted by Crippen LogP contribution is 2.21. The van der Waals surface area contributed by atoms with Gasteiger partial charge in [0.1, 0.15) is 5.75 Å². The molecular formula is C18H19N3O2.